The summed E-state index contributed by atoms with van der Waals surface area (Å²) in [5.41, 5.74) is 0. The molecule has 1 saturated heterocycles. The fourth-order valence-corrected chi connectivity index (χ4v) is 1.76. The van der Waals surface area contributed by atoms with Crippen molar-refractivity contribution in [3.05, 3.63) is 0 Å². The lowest BCUT2D eigenvalue weighted by molar-refractivity contribution is -0.143. The first-order valence-electron chi connectivity index (χ1n) is 5.77. The summed E-state index contributed by atoms with van der Waals surface area (Å²) < 4.78 is 0. The van der Waals surface area contributed by atoms with E-state index < -0.39 is 6.61 Å². The Labute approximate surface area is 96.0 Å². The largest absolute Gasteiger partial charge is 0.387 e. The fourth-order valence-electron chi connectivity index (χ4n) is 1.76. The molecular weight excluding hydrogens is 208 g/mol. The second-order valence-electron chi connectivity index (χ2n) is 4.17. The molecule has 16 heavy (non-hydrogen) atoms. The molecule has 1 unspecified atom stereocenters. The van der Waals surface area contributed by atoms with Gasteiger partial charge in [-0.25, -0.2) is 0 Å². The Hall–Kier alpha value is -1.10. The average Bonchev–Trinajstić information content (AvgIpc) is 2.36. The molecule has 92 valence electrons. The highest BCUT2D eigenvalue weighted by Crippen LogP contribution is 2.10. The van der Waals surface area contributed by atoms with Gasteiger partial charge in [0.2, 0.25) is 11.8 Å². The van der Waals surface area contributed by atoms with Gasteiger partial charge in [-0.1, -0.05) is 13.8 Å². The van der Waals surface area contributed by atoms with Crippen molar-refractivity contribution >= 4 is 11.8 Å². The van der Waals surface area contributed by atoms with E-state index in [1.807, 2.05) is 13.8 Å². The highest BCUT2D eigenvalue weighted by atomic mass is 16.3. The molecule has 0 saturated carbocycles. The van der Waals surface area contributed by atoms with E-state index in [0.29, 0.717) is 26.2 Å². The molecule has 0 aromatic carbocycles. The van der Waals surface area contributed by atoms with Gasteiger partial charge in [0.15, 0.2) is 0 Å². The van der Waals surface area contributed by atoms with E-state index >= 15 is 0 Å². The van der Waals surface area contributed by atoms with Crippen LogP contribution in [0.3, 0.4) is 0 Å². The van der Waals surface area contributed by atoms with Crippen molar-refractivity contribution < 1.29 is 14.7 Å². The SMILES string of the molecule is CCC(C)C(=O)N1CCN(C(=O)CO)CC1. The zero-order valence-corrected chi connectivity index (χ0v) is 9.98. The second-order valence-corrected chi connectivity index (χ2v) is 4.17. The molecule has 1 rings (SSSR count). The molecule has 0 radical (unpaired) electrons. The van der Waals surface area contributed by atoms with Crippen LogP contribution >= 0.6 is 0 Å². The van der Waals surface area contributed by atoms with E-state index in [2.05, 4.69) is 0 Å². The van der Waals surface area contributed by atoms with E-state index in [1.54, 1.807) is 9.80 Å². The van der Waals surface area contributed by atoms with Gasteiger partial charge in [-0.15, -0.1) is 0 Å². The van der Waals surface area contributed by atoms with Gasteiger partial charge in [0.25, 0.3) is 0 Å². The molecule has 1 atom stereocenters. The molecule has 1 heterocycles. The Morgan fingerprint density at radius 1 is 1.19 bits per heavy atom. The van der Waals surface area contributed by atoms with Crippen LogP contribution in [0.15, 0.2) is 0 Å². The normalized spacial score (nSPS) is 18.4. The standard InChI is InChI=1S/C11H20N2O3/c1-3-9(2)11(16)13-6-4-12(5-7-13)10(15)8-14/h9,14H,3-8H2,1-2H3. The molecule has 2 amide bonds. The topological polar surface area (TPSA) is 60.9 Å². The van der Waals surface area contributed by atoms with E-state index in [9.17, 15) is 9.59 Å². The molecule has 1 aliphatic heterocycles. The van der Waals surface area contributed by atoms with Gasteiger partial charge in [0, 0.05) is 32.1 Å². The summed E-state index contributed by atoms with van der Waals surface area (Å²) in [5, 5.41) is 8.72. The van der Waals surface area contributed by atoms with Crippen molar-refractivity contribution in [3.63, 3.8) is 0 Å². The van der Waals surface area contributed by atoms with Gasteiger partial charge in [0.05, 0.1) is 0 Å². The third-order valence-electron chi connectivity index (χ3n) is 3.11. The van der Waals surface area contributed by atoms with Crippen LogP contribution in [0.1, 0.15) is 20.3 Å². The number of rotatable bonds is 3. The lowest BCUT2D eigenvalue weighted by Gasteiger charge is -2.35. The number of aliphatic hydroxyl groups excluding tert-OH is 1. The van der Waals surface area contributed by atoms with E-state index in [0.717, 1.165) is 6.42 Å². The van der Waals surface area contributed by atoms with E-state index in [4.69, 9.17) is 5.11 Å². The summed E-state index contributed by atoms with van der Waals surface area (Å²) in [6.45, 7) is 5.69. The fraction of sp³-hybridized carbons (Fsp3) is 0.818. The molecule has 5 nitrogen and oxygen atoms in total. The van der Waals surface area contributed by atoms with Crippen LogP contribution in [0.4, 0.5) is 0 Å². The highest BCUT2D eigenvalue weighted by Gasteiger charge is 2.25. The first-order valence-corrected chi connectivity index (χ1v) is 5.77. The smallest absolute Gasteiger partial charge is 0.248 e. The number of nitrogens with zero attached hydrogens (tertiary/aromatic N) is 2. The van der Waals surface area contributed by atoms with Crippen LogP contribution in [0.25, 0.3) is 0 Å². The summed E-state index contributed by atoms with van der Waals surface area (Å²) in [7, 11) is 0. The number of carbonyl (C=O) groups excluding carboxylic acids is 2. The molecule has 0 spiro atoms. The van der Waals surface area contributed by atoms with Crippen molar-refractivity contribution in [1.29, 1.82) is 0 Å². The Morgan fingerprint density at radius 2 is 1.69 bits per heavy atom. The Bertz CT molecular complexity index is 260. The van der Waals surface area contributed by atoms with E-state index in [-0.39, 0.29) is 17.7 Å². The maximum Gasteiger partial charge on any atom is 0.248 e. The summed E-state index contributed by atoms with van der Waals surface area (Å²) in [6, 6.07) is 0. The minimum atomic E-state index is -0.445. The Balaban J connectivity index is 2.43. The molecule has 0 aromatic heterocycles. The van der Waals surface area contributed by atoms with Crippen LogP contribution in [0.2, 0.25) is 0 Å². The molecule has 1 fully saturated rings. The van der Waals surface area contributed by atoms with Gasteiger partial charge in [0.1, 0.15) is 6.61 Å². The van der Waals surface area contributed by atoms with Gasteiger partial charge in [-0.3, -0.25) is 9.59 Å². The van der Waals surface area contributed by atoms with Gasteiger partial charge in [-0.2, -0.15) is 0 Å². The summed E-state index contributed by atoms with van der Waals surface area (Å²) in [6.07, 6.45) is 0.842. The minimum Gasteiger partial charge on any atom is -0.387 e. The van der Waals surface area contributed by atoms with Crippen LogP contribution in [-0.4, -0.2) is 59.5 Å². The molecule has 1 aliphatic rings. The Morgan fingerprint density at radius 3 is 2.12 bits per heavy atom. The molecule has 1 N–H and O–H groups in total. The second kappa shape index (κ2) is 5.84. The molecule has 0 aliphatic carbocycles. The summed E-state index contributed by atoms with van der Waals surface area (Å²) in [5.74, 6) is -0.0330. The zero-order chi connectivity index (χ0) is 12.1. The van der Waals surface area contributed by atoms with Crippen LogP contribution < -0.4 is 0 Å². The first kappa shape index (κ1) is 13.0. The molecular formula is C11H20N2O3. The zero-order valence-electron chi connectivity index (χ0n) is 9.98. The van der Waals surface area contributed by atoms with Gasteiger partial charge in [-0.05, 0) is 6.42 Å². The highest BCUT2D eigenvalue weighted by molar-refractivity contribution is 5.80. The van der Waals surface area contributed by atoms with Crippen LogP contribution in [0, 0.1) is 5.92 Å². The lowest BCUT2D eigenvalue weighted by Crippen LogP contribution is -2.52. The predicted octanol–water partition coefficient (Wildman–Crippen LogP) is -0.304. The summed E-state index contributed by atoms with van der Waals surface area (Å²) in [4.78, 5) is 26.5. The molecule has 0 bridgehead atoms. The van der Waals surface area contributed by atoms with Crippen LogP contribution in [-0.2, 0) is 9.59 Å². The average molecular weight is 228 g/mol. The minimum absolute atomic E-state index is 0.0556. The lowest BCUT2D eigenvalue weighted by atomic mass is 10.1. The van der Waals surface area contributed by atoms with Gasteiger partial charge < -0.3 is 14.9 Å². The van der Waals surface area contributed by atoms with Crippen molar-refractivity contribution in [2.75, 3.05) is 32.8 Å². The summed E-state index contributed by atoms with van der Waals surface area (Å²) >= 11 is 0. The third-order valence-corrected chi connectivity index (χ3v) is 3.11. The van der Waals surface area contributed by atoms with Gasteiger partial charge >= 0.3 is 0 Å². The first-order chi connectivity index (χ1) is 7.60. The van der Waals surface area contributed by atoms with Crippen molar-refractivity contribution in [2.24, 2.45) is 5.92 Å². The number of amides is 2. The maximum atomic E-state index is 11.8. The Kier molecular flexibility index (Phi) is 4.73. The monoisotopic (exact) mass is 228 g/mol. The number of aliphatic hydroxyl groups is 1. The van der Waals surface area contributed by atoms with Crippen molar-refractivity contribution in [2.45, 2.75) is 20.3 Å². The van der Waals surface area contributed by atoms with Crippen molar-refractivity contribution in [3.8, 4) is 0 Å². The quantitative estimate of drug-likeness (QED) is 0.721. The molecule has 0 aromatic rings. The van der Waals surface area contributed by atoms with Crippen molar-refractivity contribution in [1.82, 2.24) is 9.80 Å². The number of hydrogen-bond acceptors (Lipinski definition) is 3. The number of hydrogen-bond donors (Lipinski definition) is 1. The molecule has 5 heteroatoms. The number of carbonyl (C=O) groups is 2. The maximum absolute atomic E-state index is 11.8. The third kappa shape index (κ3) is 2.95. The van der Waals surface area contributed by atoms with Crippen LogP contribution in [0.5, 0.6) is 0 Å². The predicted molar refractivity (Wildman–Crippen MR) is 59.7 cm³/mol. The number of piperazine rings is 1. The van der Waals surface area contributed by atoms with E-state index in [1.165, 1.54) is 0 Å².